The van der Waals surface area contributed by atoms with Crippen LogP contribution in [0.25, 0.3) is 0 Å². The van der Waals surface area contributed by atoms with Gasteiger partial charge in [0, 0.05) is 5.54 Å². The fraction of sp³-hybridized carbons (Fsp3) is 0.375. The first-order valence-corrected chi connectivity index (χ1v) is 3.47. The van der Waals surface area contributed by atoms with Crippen LogP contribution in [-0.4, -0.2) is 16.6 Å². The Morgan fingerprint density at radius 2 is 2.36 bits per heavy atom. The summed E-state index contributed by atoms with van der Waals surface area (Å²) >= 11 is 0. The Balaban J connectivity index is 2.61. The first-order valence-electron chi connectivity index (χ1n) is 3.47. The van der Waals surface area contributed by atoms with E-state index in [9.17, 15) is 4.79 Å². The van der Waals surface area contributed by atoms with Gasteiger partial charge in [-0.25, -0.2) is 0 Å². The van der Waals surface area contributed by atoms with Crippen LogP contribution in [0.3, 0.4) is 0 Å². The molecule has 11 heavy (non-hydrogen) atoms. The molecule has 1 aliphatic rings. The fourth-order valence-corrected chi connectivity index (χ4v) is 1.09. The van der Waals surface area contributed by atoms with Crippen molar-refractivity contribution in [3.05, 3.63) is 24.3 Å². The largest absolute Gasteiger partial charge is 0.481 e. The van der Waals surface area contributed by atoms with E-state index in [-0.39, 0.29) is 6.42 Å². The van der Waals surface area contributed by atoms with Crippen molar-refractivity contribution in [3.63, 3.8) is 0 Å². The normalized spacial score (nSPS) is 28.8. The zero-order chi connectivity index (χ0) is 8.32. The van der Waals surface area contributed by atoms with E-state index < -0.39 is 11.5 Å². The lowest BCUT2D eigenvalue weighted by atomic mass is 9.89. The molecule has 0 saturated heterocycles. The maximum atomic E-state index is 10.3. The van der Waals surface area contributed by atoms with Crippen molar-refractivity contribution in [1.29, 1.82) is 0 Å². The second kappa shape index (κ2) is 2.88. The van der Waals surface area contributed by atoms with Crippen molar-refractivity contribution in [2.45, 2.75) is 18.4 Å². The van der Waals surface area contributed by atoms with Crippen molar-refractivity contribution in [1.82, 2.24) is 0 Å². The Kier molecular flexibility index (Phi) is 2.10. The SMILES string of the molecule is NC1(CC(=O)O)C=CC=CC1. The van der Waals surface area contributed by atoms with Gasteiger partial charge in [0.2, 0.25) is 0 Å². The van der Waals surface area contributed by atoms with Crippen molar-refractivity contribution in [3.8, 4) is 0 Å². The highest BCUT2D eigenvalue weighted by molar-refractivity contribution is 5.69. The minimum Gasteiger partial charge on any atom is -0.481 e. The van der Waals surface area contributed by atoms with Gasteiger partial charge < -0.3 is 10.8 Å². The highest BCUT2D eigenvalue weighted by Gasteiger charge is 2.24. The van der Waals surface area contributed by atoms with Crippen LogP contribution in [0.5, 0.6) is 0 Å². The van der Waals surface area contributed by atoms with Crippen LogP contribution < -0.4 is 5.73 Å². The molecular formula is C8H11NO2. The van der Waals surface area contributed by atoms with E-state index in [1.807, 2.05) is 12.2 Å². The Hall–Kier alpha value is -1.09. The van der Waals surface area contributed by atoms with Crippen LogP contribution in [0.2, 0.25) is 0 Å². The molecule has 0 aromatic heterocycles. The molecule has 0 aliphatic heterocycles. The molecule has 3 N–H and O–H groups in total. The van der Waals surface area contributed by atoms with Gasteiger partial charge in [-0.15, -0.1) is 0 Å². The molecule has 3 nitrogen and oxygen atoms in total. The summed E-state index contributed by atoms with van der Waals surface area (Å²) in [5, 5.41) is 8.49. The predicted molar refractivity (Wildman–Crippen MR) is 42.1 cm³/mol. The molecule has 1 atom stereocenters. The van der Waals surface area contributed by atoms with Gasteiger partial charge in [-0.2, -0.15) is 0 Å². The molecule has 1 aliphatic carbocycles. The summed E-state index contributed by atoms with van der Waals surface area (Å²) in [4.78, 5) is 10.3. The third-order valence-electron chi connectivity index (χ3n) is 1.65. The van der Waals surface area contributed by atoms with Crippen LogP contribution in [0, 0.1) is 0 Å². The quantitative estimate of drug-likeness (QED) is 0.613. The van der Waals surface area contributed by atoms with Crippen LogP contribution in [0.15, 0.2) is 24.3 Å². The summed E-state index contributed by atoms with van der Waals surface area (Å²) in [5.74, 6) is -0.854. The minimum absolute atomic E-state index is 0.00611. The van der Waals surface area contributed by atoms with Gasteiger partial charge in [0.15, 0.2) is 0 Å². The molecular weight excluding hydrogens is 142 g/mol. The molecule has 0 heterocycles. The van der Waals surface area contributed by atoms with E-state index in [0.29, 0.717) is 6.42 Å². The summed E-state index contributed by atoms with van der Waals surface area (Å²) in [6.07, 6.45) is 7.87. The second-order valence-corrected chi connectivity index (χ2v) is 2.80. The molecule has 1 unspecified atom stereocenters. The number of hydrogen-bond donors (Lipinski definition) is 2. The summed E-state index contributed by atoms with van der Waals surface area (Å²) in [6.45, 7) is 0. The van der Waals surface area contributed by atoms with Gasteiger partial charge in [-0.1, -0.05) is 24.3 Å². The molecule has 0 spiro atoms. The van der Waals surface area contributed by atoms with Crippen molar-refractivity contribution in [2.24, 2.45) is 5.73 Å². The summed E-state index contributed by atoms with van der Waals surface area (Å²) < 4.78 is 0. The Morgan fingerprint density at radius 3 is 2.82 bits per heavy atom. The van der Waals surface area contributed by atoms with E-state index in [4.69, 9.17) is 10.8 Å². The lowest BCUT2D eigenvalue weighted by Gasteiger charge is -2.23. The molecule has 0 aromatic rings. The standard InChI is InChI=1S/C8H11NO2/c9-8(6-7(10)11)4-2-1-3-5-8/h1-4H,5-6,9H2,(H,10,11). The number of rotatable bonds is 2. The average molecular weight is 153 g/mol. The molecule has 3 heteroatoms. The fourth-order valence-electron chi connectivity index (χ4n) is 1.09. The first-order chi connectivity index (χ1) is 5.12. The lowest BCUT2D eigenvalue weighted by Crippen LogP contribution is -2.40. The van der Waals surface area contributed by atoms with Gasteiger partial charge in [0.05, 0.1) is 6.42 Å². The Labute approximate surface area is 65.2 Å². The number of hydrogen-bond acceptors (Lipinski definition) is 2. The van der Waals surface area contributed by atoms with Crippen LogP contribution in [0.4, 0.5) is 0 Å². The molecule has 1 rings (SSSR count). The summed E-state index contributed by atoms with van der Waals surface area (Å²) in [6, 6.07) is 0. The number of allylic oxidation sites excluding steroid dienone is 2. The molecule has 0 fully saturated rings. The number of carbonyl (C=O) groups is 1. The zero-order valence-corrected chi connectivity index (χ0v) is 6.16. The molecule has 0 radical (unpaired) electrons. The van der Waals surface area contributed by atoms with E-state index in [1.165, 1.54) is 0 Å². The molecule has 0 saturated carbocycles. The van der Waals surface area contributed by atoms with Crippen LogP contribution in [-0.2, 0) is 4.79 Å². The molecule has 0 bridgehead atoms. The maximum absolute atomic E-state index is 10.3. The molecule has 0 aromatic carbocycles. The van der Waals surface area contributed by atoms with Crippen molar-refractivity contribution in [2.75, 3.05) is 0 Å². The number of nitrogens with two attached hydrogens (primary N) is 1. The highest BCUT2D eigenvalue weighted by Crippen LogP contribution is 2.17. The second-order valence-electron chi connectivity index (χ2n) is 2.80. The minimum atomic E-state index is -0.854. The number of carboxylic acids is 1. The first kappa shape index (κ1) is 8.01. The summed E-state index contributed by atoms with van der Waals surface area (Å²) in [7, 11) is 0. The zero-order valence-electron chi connectivity index (χ0n) is 6.16. The van der Waals surface area contributed by atoms with Crippen LogP contribution in [0.1, 0.15) is 12.8 Å². The summed E-state index contributed by atoms with van der Waals surface area (Å²) in [5.41, 5.74) is 5.08. The Morgan fingerprint density at radius 1 is 1.64 bits per heavy atom. The highest BCUT2D eigenvalue weighted by atomic mass is 16.4. The predicted octanol–water partition coefficient (Wildman–Crippen LogP) is 0.675. The maximum Gasteiger partial charge on any atom is 0.305 e. The van der Waals surface area contributed by atoms with Gasteiger partial charge in [-0.05, 0) is 6.42 Å². The van der Waals surface area contributed by atoms with Crippen molar-refractivity contribution >= 4 is 5.97 Å². The van der Waals surface area contributed by atoms with E-state index >= 15 is 0 Å². The van der Waals surface area contributed by atoms with Gasteiger partial charge >= 0.3 is 5.97 Å². The van der Waals surface area contributed by atoms with Gasteiger partial charge in [-0.3, -0.25) is 4.79 Å². The molecule has 60 valence electrons. The lowest BCUT2D eigenvalue weighted by molar-refractivity contribution is -0.137. The Bertz CT molecular complexity index is 220. The monoisotopic (exact) mass is 153 g/mol. The average Bonchev–Trinajstić information content (AvgIpc) is 1.85. The van der Waals surface area contributed by atoms with E-state index in [0.717, 1.165) is 0 Å². The third-order valence-corrected chi connectivity index (χ3v) is 1.65. The number of carboxylic acid groups (broad SMARTS) is 1. The van der Waals surface area contributed by atoms with Gasteiger partial charge in [0.1, 0.15) is 0 Å². The van der Waals surface area contributed by atoms with Crippen molar-refractivity contribution < 1.29 is 9.90 Å². The van der Waals surface area contributed by atoms with E-state index in [2.05, 4.69) is 0 Å². The topological polar surface area (TPSA) is 63.3 Å². The third kappa shape index (κ3) is 2.20. The van der Waals surface area contributed by atoms with Gasteiger partial charge in [0.25, 0.3) is 0 Å². The number of aliphatic carboxylic acids is 1. The van der Waals surface area contributed by atoms with Crippen LogP contribution >= 0.6 is 0 Å². The smallest absolute Gasteiger partial charge is 0.305 e. The van der Waals surface area contributed by atoms with E-state index in [1.54, 1.807) is 12.2 Å². The molecule has 0 amide bonds.